The van der Waals surface area contributed by atoms with E-state index in [2.05, 4.69) is 10.6 Å². The van der Waals surface area contributed by atoms with E-state index in [0.717, 1.165) is 36.1 Å². The highest BCUT2D eigenvalue weighted by Crippen LogP contribution is 2.17. The fraction of sp³-hybridized carbons (Fsp3) is 0.452. The van der Waals surface area contributed by atoms with Crippen molar-refractivity contribution < 1.29 is 29.0 Å². The number of hydrogen-bond acceptors (Lipinski definition) is 6. The van der Waals surface area contributed by atoms with Gasteiger partial charge in [-0.2, -0.15) is 0 Å². The second kappa shape index (κ2) is 16.3. The molecule has 0 aromatic heterocycles. The fourth-order valence-electron chi connectivity index (χ4n) is 4.28. The molecule has 210 valence electrons. The highest BCUT2D eigenvalue weighted by Gasteiger charge is 2.25. The number of benzene rings is 2. The Labute approximate surface area is 230 Å². The monoisotopic (exact) mass is 536 g/mol. The number of rotatable bonds is 9. The normalized spacial score (nSPS) is 19.7. The van der Waals surface area contributed by atoms with Gasteiger partial charge >= 0.3 is 5.97 Å². The van der Waals surface area contributed by atoms with Gasteiger partial charge in [0, 0.05) is 18.9 Å². The van der Waals surface area contributed by atoms with Crippen LogP contribution >= 0.6 is 0 Å². The molecular formula is C31H40N2O6. The highest BCUT2D eigenvalue weighted by molar-refractivity contribution is 5.86. The minimum Gasteiger partial charge on any atom is -0.489 e. The Bertz CT molecular complexity index is 1070. The van der Waals surface area contributed by atoms with Crippen molar-refractivity contribution in [1.82, 2.24) is 10.6 Å². The smallest absolute Gasteiger partial charge is 0.305 e. The van der Waals surface area contributed by atoms with E-state index < -0.39 is 12.0 Å². The number of allylic oxidation sites excluding steroid dienone is 2. The van der Waals surface area contributed by atoms with E-state index in [1.165, 1.54) is 0 Å². The number of amides is 2. The summed E-state index contributed by atoms with van der Waals surface area (Å²) in [6.45, 7) is 2.04. The predicted molar refractivity (Wildman–Crippen MR) is 149 cm³/mol. The molecule has 0 saturated carbocycles. The molecule has 0 radical (unpaired) electrons. The van der Waals surface area contributed by atoms with Crippen molar-refractivity contribution in [1.29, 1.82) is 0 Å². The van der Waals surface area contributed by atoms with Gasteiger partial charge in [-0.1, -0.05) is 54.6 Å². The lowest BCUT2D eigenvalue weighted by Crippen LogP contribution is -2.45. The second-order valence-corrected chi connectivity index (χ2v) is 10.0. The quantitative estimate of drug-likeness (QED) is 0.331. The first-order chi connectivity index (χ1) is 18.9. The molecule has 0 aliphatic carbocycles. The van der Waals surface area contributed by atoms with Crippen molar-refractivity contribution in [2.24, 2.45) is 5.92 Å². The van der Waals surface area contributed by atoms with Gasteiger partial charge in [0.1, 0.15) is 19.0 Å². The van der Waals surface area contributed by atoms with Crippen molar-refractivity contribution in [3.8, 4) is 5.75 Å². The Morgan fingerprint density at radius 3 is 2.59 bits per heavy atom. The molecule has 1 heterocycles. The summed E-state index contributed by atoms with van der Waals surface area (Å²) in [7, 11) is 0. The molecule has 2 amide bonds. The van der Waals surface area contributed by atoms with Gasteiger partial charge in [0.25, 0.3) is 0 Å². The van der Waals surface area contributed by atoms with Crippen LogP contribution in [0.3, 0.4) is 0 Å². The third kappa shape index (κ3) is 11.3. The van der Waals surface area contributed by atoms with Crippen LogP contribution in [0.1, 0.15) is 56.6 Å². The average Bonchev–Trinajstić information content (AvgIpc) is 2.94. The molecule has 39 heavy (non-hydrogen) atoms. The zero-order valence-corrected chi connectivity index (χ0v) is 22.6. The van der Waals surface area contributed by atoms with Crippen LogP contribution < -0.4 is 15.4 Å². The molecule has 0 saturated heterocycles. The lowest BCUT2D eigenvalue weighted by Gasteiger charge is -2.23. The third-order valence-electron chi connectivity index (χ3n) is 6.52. The van der Waals surface area contributed by atoms with Crippen molar-refractivity contribution in [3.05, 3.63) is 77.9 Å². The molecule has 3 atom stereocenters. The highest BCUT2D eigenvalue weighted by atomic mass is 16.5. The maximum absolute atomic E-state index is 13.3. The fourth-order valence-corrected chi connectivity index (χ4v) is 4.28. The summed E-state index contributed by atoms with van der Waals surface area (Å²) in [5, 5.41) is 15.0. The number of hydrogen-bond donors (Lipinski definition) is 3. The van der Waals surface area contributed by atoms with Gasteiger partial charge in [-0.15, -0.1) is 0 Å². The van der Waals surface area contributed by atoms with Crippen LogP contribution in [0, 0.1) is 5.92 Å². The van der Waals surface area contributed by atoms with Crippen molar-refractivity contribution in [3.63, 3.8) is 0 Å². The number of aliphatic hydroxyl groups excluding tert-OH is 1. The van der Waals surface area contributed by atoms with Crippen LogP contribution in [0.5, 0.6) is 5.75 Å². The lowest BCUT2D eigenvalue weighted by atomic mass is 9.97. The number of carbonyl (C=O) groups excluding carboxylic acids is 3. The zero-order chi connectivity index (χ0) is 27.9. The summed E-state index contributed by atoms with van der Waals surface area (Å²) in [6.07, 6.45) is 7.51. The van der Waals surface area contributed by atoms with Crippen LogP contribution in [-0.2, 0) is 32.1 Å². The number of ether oxygens (including phenoxy) is 2. The van der Waals surface area contributed by atoms with Gasteiger partial charge in [0.2, 0.25) is 11.8 Å². The summed E-state index contributed by atoms with van der Waals surface area (Å²) in [6, 6.07) is 16.7. The molecule has 1 aliphatic rings. The van der Waals surface area contributed by atoms with E-state index in [1.807, 2.05) is 66.7 Å². The summed E-state index contributed by atoms with van der Waals surface area (Å²) >= 11 is 0. The van der Waals surface area contributed by atoms with Gasteiger partial charge in [-0.3, -0.25) is 14.4 Å². The maximum Gasteiger partial charge on any atom is 0.305 e. The SMILES string of the molecule is C[C@H](CO)NC(=O)C[C@H]1CC=CCCCCC(=O)OC[C@H](Cc2ccc(OCc3ccccc3)cc2)NC1=O. The topological polar surface area (TPSA) is 114 Å². The van der Waals surface area contributed by atoms with Crippen molar-refractivity contribution in [2.75, 3.05) is 13.2 Å². The third-order valence-corrected chi connectivity index (χ3v) is 6.52. The number of cyclic esters (lactones) is 1. The van der Waals surface area contributed by atoms with Crippen molar-refractivity contribution >= 4 is 17.8 Å². The first-order valence-corrected chi connectivity index (χ1v) is 13.7. The first-order valence-electron chi connectivity index (χ1n) is 13.7. The summed E-state index contributed by atoms with van der Waals surface area (Å²) < 4.78 is 11.4. The van der Waals surface area contributed by atoms with Gasteiger partial charge in [-0.05, 0) is 62.3 Å². The number of esters is 1. The van der Waals surface area contributed by atoms with Crippen LogP contribution in [0.25, 0.3) is 0 Å². The molecule has 2 aromatic rings. The molecule has 0 spiro atoms. The molecule has 8 heteroatoms. The van der Waals surface area contributed by atoms with E-state index >= 15 is 0 Å². The van der Waals surface area contributed by atoms with E-state index in [-0.39, 0.29) is 43.5 Å². The van der Waals surface area contributed by atoms with Gasteiger partial charge < -0.3 is 25.2 Å². The zero-order valence-electron chi connectivity index (χ0n) is 22.6. The molecule has 3 N–H and O–H groups in total. The Balaban J connectivity index is 1.67. The Morgan fingerprint density at radius 1 is 1.08 bits per heavy atom. The molecule has 8 nitrogen and oxygen atoms in total. The van der Waals surface area contributed by atoms with Crippen LogP contribution in [-0.4, -0.2) is 48.2 Å². The van der Waals surface area contributed by atoms with E-state index in [9.17, 15) is 19.5 Å². The molecule has 0 bridgehead atoms. The standard InChI is InChI=1S/C31H40N2O6/c1-23(20-34)32-29(35)19-26-12-8-3-2-4-9-13-30(36)39-22-27(33-31(26)37)18-24-14-16-28(17-15-24)38-21-25-10-6-5-7-11-25/h3,5-8,10-11,14-17,23,26-27,34H,2,4,9,12-13,18-22H2,1H3,(H,32,35)(H,33,37)/t23-,26-,27+/m1/s1. The van der Waals surface area contributed by atoms with Gasteiger partial charge in [0.05, 0.1) is 18.6 Å². The average molecular weight is 537 g/mol. The van der Waals surface area contributed by atoms with E-state index in [0.29, 0.717) is 25.9 Å². The molecule has 3 rings (SSSR count). The van der Waals surface area contributed by atoms with Gasteiger partial charge in [-0.25, -0.2) is 0 Å². The van der Waals surface area contributed by atoms with Crippen LogP contribution in [0.15, 0.2) is 66.7 Å². The lowest BCUT2D eigenvalue weighted by molar-refractivity contribution is -0.145. The molecule has 1 aliphatic heterocycles. The van der Waals surface area contributed by atoms with Crippen LogP contribution in [0.4, 0.5) is 0 Å². The number of carbonyl (C=O) groups is 3. The summed E-state index contributed by atoms with van der Waals surface area (Å²) in [5.41, 5.74) is 2.03. The Kier molecular flexibility index (Phi) is 12.5. The van der Waals surface area contributed by atoms with E-state index in [4.69, 9.17) is 9.47 Å². The second-order valence-electron chi connectivity index (χ2n) is 10.0. The minimum absolute atomic E-state index is 0.000467. The Hall–Kier alpha value is -3.65. The molecule has 0 unspecified atom stereocenters. The maximum atomic E-state index is 13.3. The van der Waals surface area contributed by atoms with E-state index in [1.54, 1.807) is 6.92 Å². The summed E-state index contributed by atoms with van der Waals surface area (Å²) in [5.74, 6) is -0.692. The summed E-state index contributed by atoms with van der Waals surface area (Å²) in [4.78, 5) is 38.0. The molecule has 2 aromatic carbocycles. The predicted octanol–water partition coefficient (Wildman–Crippen LogP) is 3.86. The van der Waals surface area contributed by atoms with Crippen molar-refractivity contribution in [2.45, 2.75) is 70.6 Å². The van der Waals surface area contributed by atoms with Crippen LogP contribution in [0.2, 0.25) is 0 Å². The molecular weight excluding hydrogens is 496 g/mol. The largest absolute Gasteiger partial charge is 0.489 e. The first kappa shape index (κ1) is 29.9. The molecule has 0 fully saturated rings. The number of nitrogens with one attached hydrogen (secondary N) is 2. The number of aliphatic hydroxyl groups is 1. The Morgan fingerprint density at radius 2 is 1.85 bits per heavy atom. The minimum atomic E-state index is -0.581. The van der Waals surface area contributed by atoms with Gasteiger partial charge in [0.15, 0.2) is 0 Å².